The van der Waals surface area contributed by atoms with Crippen LogP contribution < -0.4 is 19.5 Å². The fourth-order valence-electron chi connectivity index (χ4n) is 2.68. The topological polar surface area (TPSA) is 69.7 Å². The van der Waals surface area contributed by atoms with E-state index >= 15 is 0 Å². The van der Waals surface area contributed by atoms with Crippen LogP contribution in [0.5, 0.6) is 17.2 Å². The van der Waals surface area contributed by atoms with Crippen LogP contribution >= 0.6 is 0 Å². The van der Waals surface area contributed by atoms with Crippen LogP contribution in [-0.2, 0) is 17.8 Å². The van der Waals surface area contributed by atoms with Crippen LogP contribution in [0.15, 0.2) is 67.0 Å². The second-order valence-corrected chi connectivity index (χ2v) is 6.09. The van der Waals surface area contributed by atoms with E-state index in [1.807, 2.05) is 36.4 Å². The molecular formula is C22H22N2O4. The molecule has 1 aromatic heterocycles. The van der Waals surface area contributed by atoms with Gasteiger partial charge in [-0.05, 0) is 35.9 Å². The molecule has 0 spiro atoms. The molecule has 1 amide bonds. The first kappa shape index (κ1) is 19.2. The number of anilines is 1. The van der Waals surface area contributed by atoms with Gasteiger partial charge in [-0.15, -0.1) is 0 Å². The molecule has 0 atom stereocenters. The molecule has 6 nitrogen and oxygen atoms in total. The van der Waals surface area contributed by atoms with Gasteiger partial charge in [-0.1, -0.05) is 18.2 Å². The molecule has 144 valence electrons. The van der Waals surface area contributed by atoms with Crippen molar-refractivity contribution in [3.05, 3.63) is 78.1 Å². The highest BCUT2D eigenvalue weighted by Gasteiger charge is 2.10. The summed E-state index contributed by atoms with van der Waals surface area (Å²) in [6.45, 7) is 0.353. The Kier molecular flexibility index (Phi) is 6.46. The maximum absolute atomic E-state index is 12.4. The van der Waals surface area contributed by atoms with Gasteiger partial charge in [0.15, 0.2) is 11.5 Å². The van der Waals surface area contributed by atoms with Gasteiger partial charge in [0.1, 0.15) is 12.4 Å². The molecule has 0 aliphatic heterocycles. The number of aromatic nitrogens is 1. The third kappa shape index (κ3) is 5.23. The van der Waals surface area contributed by atoms with E-state index in [9.17, 15) is 4.79 Å². The van der Waals surface area contributed by atoms with E-state index in [0.717, 1.165) is 16.9 Å². The lowest BCUT2D eigenvalue weighted by atomic mass is 10.1. The Morgan fingerprint density at radius 2 is 1.82 bits per heavy atom. The fraction of sp³-hybridized carbons (Fsp3) is 0.182. The third-order valence-corrected chi connectivity index (χ3v) is 4.06. The van der Waals surface area contributed by atoms with Crippen LogP contribution in [0.3, 0.4) is 0 Å². The second-order valence-electron chi connectivity index (χ2n) is 6.09. The highest BCUT2D eigenvalue weighted by molar-refractivity contribution is 5.92. The summed E-state index contributed by atoms with van der Waals surface area (Å²) >= 11 is 0. The summed E-state index contributed by atoms with van der Waals surface area (Å²) in [6, 6.07) is 16.5. The van der Waals surface area contributed by atoms with E-state index in [4.69, 9.17) is 14.2 Å². The molecular weight excluding hydrogens is 356 g/mol. The first-order valence-electron chi connectivity index (χ1n) is 8.80. The van der Waals surface area contributed by atoms with Crippen molar-refractivity contribution < 1.29 is 19.0 Å². The summed E-state index contributed by atoms with van der Waals surface area (Å²) in [6.07, 6.45) is 3.70. The Balaban J connectivity index is 1.67. The predicted octanol–water partition coefficient (Wildman–Crippen LogP) is 3.86. The average Bonchev–Trinajstić information content (AvgIpc) is 2.73. The van der Waals surface area contributed by atoms with Gasteiger partial charge in [-0.25, -0.2) is 0 Å². The smallest absolute Gasteiger partial charge is 0.228 e. The number of nitrogens with one attached hydrogen (secondary N) is 1. The lowest BCUT2D eigenvalue weighted by Gasteiger charge is -2.13. The lowest BCUT2D eigenvalue weighted by Crippen LogP contribution is -2.14. The van der Waals surface area contributed by atoms with Crippen molar-refractivity contribution in [2.75, 3.05) is 19.5 Å². The summed E-state index contributed by atoms with van der Waals surface area (Å²) in [7, 11) is 3.18. The van der Waals surface area contributed by atoms with Crippen LogP contribution in [0, 0.1) is 0 Å². The number of carbonyl (C=O) groups is 1. The van der Waals surface area contributed by atoms with E-state index < -0.39 is 0 Å². The molecule has 0 bridgehead atoms. The summed E-state index contributed by atoms with van der Waals surface area (Å²) in [5.74, 6) is 1.73. The van der Waals surface area contributed by atoms with Crippen LogP contribution in [0.2, 0.25) is 0 Å². The molecule has 0 radical (unpaired) electrons. The Labute approximate surface area is 164 Å². The van der Waals surface area contributed by atoms with Crippen molar-refractivity contribution >= 4 is 11.6 Å². The number of benzene rings is 2. The number of methoxy groups -OCH3 is 2. The van der Waals surface area contributed by atoms with Crippen molar-refractivity contribution in [2.24, 2.45) is 0 Å². The molecule has 0 saturated heterocycles. The quantitative estimate of drug-likeness (QED) is 0.645. The molecule has 1 heterocycles. The van der Waals surface area contributed by atoms with Crippen LogP contribution in [0.25, 0.3) is 0 Å². The van der Waals surface area contributed by atoms with Crippen molar-refractivity contribution in [1.82, 2.24) is 4.98 Å². The number of hydrogen-bond acceptors (Lipinski definition) is 5. The molecule has 0 aliphatic rings. The SMILES string of the molecule is COc1cccc(CC(=O)Nc2ccc(OC)c(OCc3cccnc3)c2)c1. The first-order chi connectivity index (χ1) is 13.7. The minimum atomic E-state index is -0.128. The van der Waals surface area contributed by atoms with Gasteiger partial charge in [-0.3, -0.25) is 9.78 Å². The summed E-state index contributed by atoms with van der Waals surface area (Å²) in [5, 5.41) is 2.89. The first-order valence-corrected chi connectivity index (χ1v) is 8.80. The number of hydrogen-bond donors (Lipinski definition) is 1. The predicted molar refractivity (Wildman–Crippen MR) is 107 cm³/mol. The van der Waals surface area contributed by atoms with Crippen molar-refractivity contribution in [3.63, 3.8) is 0 Å². The van der Waals surface area contributed by atoms with E-state index in [1.54, 1.807) is 44.8 Å². The monoisotopic (exact) mass is 378 g/mol. The Bertz CT molecular complexity index is 929. The maximum Gasteiger partial charge on any atom is 0.228 e. The highest BCUT2D eigenvalue weighted by Crippen LogP contribution is 2.31. The number of amides is 1. The molecule has 3 aromatic rings. The molecule has 1 N–H and O–H groups in total. The third-order valence-electron chi connectivity index (χ3n) is 4.06. The van der Waals surface area contributed by atoms with Crippen molar-refractivity contribution in [3.8, 4) is 17.2 Å². The molecule has 6 heteroatoms. The Hall–Kier alpha value is -3.54. The van der Waals surface area contributed by atoms with E-state index in [2.05, 4.69) is 10.3 Å². The maximum atomic E-state index is 12.4. The highest BCUT2D eigenvalue weighted by atomic mass is 16.5. The normalized spacial score (nSPS) is 10.2. The lowest BCUT2D eigenvalue weighted by molar-refractivity contribution is -0.115. The standard InChI is InChI=1S/C22H22N2O4/c1-26-19-7-3-5-16(11-19)12-22(25)24-18-8-9-20(27-2)21(13-18)28-15-17-6-4-10-23-14-17/h3-11,13-14H,12,15H2,1-2H3,(H,24,25). The number of ether oxygens (including phenoxy) is 3. The van der Waals surface area contributed by atoms with Crippen LogP contribution in [0.4, 0.5) is 5.69 Å². The zero-order chi connectivity index (χ0) is 19.8. The van der Waals surface area contributed by atoms with Crippen LogP contribution in [0.1, 0.15) is 11.1 Å². The van der Waals surface area contributed by atoms with Gasteiger partial charge in [-0.2, -0.15) is 0 Å². The Morgan fingerprint density at radius 1 is 0.964 bits per heavy atom. The zero-order valence-electron chi connectivity index (χ0n) is 15.8. The molecule has 0 fully saturated rings. The molecule has 2 aromatic carbocycles. The molecule has 0 aliphatic carbocycles. The number of carbonyl (C=O) groups excluding carboxylic acids is 1. The largest absolute Gasteiger partial charge is 0.497 e. The minimum Gasteiger partial charge on any atom is -0.497 e. The van der Waals surface area contributed by atoms with Gasteiger partial charge in [0.2, 0.25) is 5.91 Å². The van der Waals surface area contributed by atoms with Crippen LogP contribution in [-0.4, -0.2) is 25.1 Å². The van der Waals surface area contributed by atoms with E-state index in [1.165, 1.54) is 0 Å². The van der Waals surface area contributed by atoms with Gasteiger partial charge in [0, 0.05) is 29.7 Å². The Morgan fingerprint density at radius 3 is 2.57 bits per heavy atom. The molecule has 28 heavy (non-hydrogen) atoms. The summed E-state index contributed by atoms with van der Waals surface area (Å²) in [4.78, 5) is 16.5. The van der Waals surface area contributed by atoms with Gasteiger partial charge in [0.25, 0.3) is 0 Å². The molecule has 3 rings (SSSR count). The molecule has 0 saturated carbocycles. The molecule has 0 unspecified atom stereocenters. The van der Waals surface area contributed by atoms with E-state index in [0.29, 0.717) is 23.8 Å². The minimum absolute atomic E-state index is 0.128. The number of pyridine rings is 1. The van der Waals surface area contributed by atoms with E-state index in [-0.39, 0.29) is 12.3 Å². The van der Waals surface area contributed by atoms with Crippen molar-refractivity contribution in [2.45, 2.75) is 13.0 Å². The average molecular weight is 378 g/mol. The van der Waals surface area contributed by atoms with Gasteiger partial charge in [0.05, 0.1) is 20.6 Å². The number of nitrogens with zero attached hydrogens (tertiary/aromatic N) is 1. The van der Waals surface area contributed by atoms with Gasteiger partial charge >= 0.3 is 0 Å². The van der Waals surface area contributed by atoms with Gasteiger partial charge < -0.3 is 19.5 Å². The fourth-order valence-corrected chi connectivity index (χ4v) is 2.68. The number of rotatable bonds is 8. The zero-order valence-corrected chi connectivity index (χ0v) is 15.8. The van der Waals surface area contributed by atoms with Crippen molar-refractivity contribution in [1.29, 1.82) is 0 Å². The second kappa shape index (κ2) is 9.41. The summed E-state index contributed by atoms with van der Waals surface area (Å²) in [5.41, 5.74) is 2.45. The summed E-state index contributed by atoms with van der Waals surface area (Å²) < 4.78 is 16.4.